The summed E-state index contributed by atoms with van der Waals surface area (Å²) in [7, 11) is 0. The molecule has 81 valence electrons. The maximum atomic E-state index is 12.2. The SMILES string of the molecule is O=[N+]([O-])c1cc([CH]O)cc(C(F)(F)F)c1. The third kappa shape index (κ3) is 2.66. The third-order valence-corrected chi connectivity index (χ3v) is 1.63. The molecule has 0 fully saturated rings. The fourth-order valence-electron chi connectivity index (χ4n) is 0.978. The van der Waals surface area contributed by atoms with Crippen molar-refractivity contribution < 1.29 is 23.2 Å². The molecule has 1 aromatic rings. The van der Waals surface area contributed by atoms with Gasteiger partial charge in [0, 0.05) is 12.1 Å². The molecule has 7 heteroatoms. The Kier molecular flexibility index (Phi) is 2.94. The van der Waals surface area contributed by atoms with Gasteiger partial charge < -0.3 is 5.11 Å². The molecule has 0 aliphatic heterocycles. The first-order valence-electron chi connectivity index (χ1n) is 3.68. The van der Waals surface area contributed by atoms with E-state index in [1.165, 1.54) is 0 Å². The summed E-state index contributed by atoms with van der Waals surface area (Å²) in [4.78, 5) is 9.33. The fourth-order valence-corrected chi connectivity index (χ4v) is 0.978. The normalized spacial score (nSPS) is 11.5. The van der Waals surface area contributed by atoms with E-state index in [0.29, 0.717) is 18.7 Å². The van der Waals surface area contributed by atoms with Gasteiger partial charge >= 0.3 is 6.18 Å². The fraction of sp³-hybridized carbons (Fsp3) is 0.125. The lowest BCUT2D eigenvalue weighted by Gasteiger charge is -2.07. The monoisotopic (exact) mass is 220 g/mol. The molecule has 0 spiro atoms. The second-order valence-electron chi connectivity index (χ2n) is 2.70. The van der Waals surface area contributed by atoms with Crippen molar-refractivity contribution in [1.29, 1.82) is 0 Å². The van der Waals surface area contributed by atoms with Crippen LogP contribution in [0.25, 0.3) is 0 Å². The molecule has 0 bridgehead atoms. The van der Waals surface area contributed by atoms with Gasteiger partial charge in [-0.1, -0.05) is 0 Å². The zero-order valence-corrected chi connectivity index (χ0v) is 7.15. The Bertz CT molecular complexity index is 389. The molecule has 1 radical (unpaired) electrons. The molecule has 1 rings (SSSR count). The highest BCUT2D eigenvalue weighted by atomic mass is 19.4. The zero-order chi connectivity index (χ0) is 11.6. The van der Waals surface area contributed by atoms with E-state index < -0.39 is 22.4 Å². The Morgan fingerprint density at radius 3 is 2.33 bits per heavy atom. The number of aliphatic hydroxyl groups excluding tert-OH is 1. The van der Waals surface area contributed by atoms with Gasteiger partial charge in [-0.15, -0.1) is 0 Å². The maximum absolute atomic E-state index is 12.2. The van der Waals surface area contributed by atoms with Gasteiger partial charge in [-0.2, -0.15) is 13.2 Å². The van der Waals surface area contributed by atoms with Gasteiger partial charge in [0.25, 0.3) is 5.69 Å². The van der Waals surface area contributed by atoms with Crippen LogP contribution in [0.5, 0.6) is 0 Å². The van der Waals surface area contributed by atoms with E-state index in [0.717, 1.165) is 6.07 Å². The number of benzene rings is 1. The van der Waals surface area contributed by atoms with Crippen molar-refractivity contribution in [3.63, 3.8) is 0 Å². The van der Waals surface area contributed by atoms with Crippen molar-refractivity contribution in [3.05, 3.63) is 46.0 Å². The Morgan fingerprint density at radius 1 is 1.33 bits per heavy atom. The topological polar surface area (TPSA) is 63.4 Å². The molecular weight excluding hydrogens is 215 g/mol. The molecule has 0 saturated carbocycles. The van der Waals surface area contributed by atoms with Gasteiger partial charge in [0.05, 0.1) is 10.5 Å². The minimum atomic E-state index is -4.68. The van der Waals surface area contributed by atoms with E-state index in [2.05, 4.69) is 0 Å². The maximum Gasteiger partial charge on any atom is 0.416 e. The number of rotatable bonds is 2. The number of nitro benzene ring substituents is 1. The highest BCUT2D eigenvalue weighted by Crippen LogP contribution is 2.32. The molecule has 0 saturated heterocycles. The summed E-state index contributed by atoms with van der Waals surface area (Å²) < 4.78 is 36.7. The molecule has 4 nitrogen and oxygen atoms in total. The molecular formula is C8H5F3NO3. The lowest BCUT2D eigenvalue weighted by molar-refractivity contribution is -0.385. The van der Waals surface area contributed by atoms with Crippen LogP contribution in [-0.2, 0) is 6.18 Å². The van der Waals surface area contributed by atoms with Gasteiger partial charge in [-0.25, -0.2) is 0 Å². The van der Waals surface area contributed by atoms with Crippen molar-refractivity contribution in [1.82, 2.24) is 0 Å². The van der Waals surface area contributed by atoms with Crippen molar-refractivity contribution in [2.45, 2.75) is 6.18 Å². The minimum absolute atomic E-state index is 0.267. The highest BCUT2D eigenvalue weighted by Gasteiger charge is 2.32. The van der Waals surface area contributed by atoms with Crippen LogP contribution in [0.15, 0.2) is 18.2 Å². The van der Waals surface area contributed by atoms with Crippen LogP contribution in [0.1, 0.15) is 11.1 Å². The first-order valence-corrected chi connectivity index (χ1v) is 3.68. The second kappa shape index (κ2) is 3.85. The Morgan fingerprint density at radius 2 is 1.93 bits per heavy atom. The number of nitro groups is 1. The van der Waals surface area contributed by atoms with E-state index in [1.54, 1.807) is 0 Å². The van der Waals surface area contributed by atoms with Crippen LogP contribution in [0, 0.1) is 16.7 Å². The first-order chi connectivity index (χ1) is 6.84. The van der Waals surface area contributed by atoms with Gasteiger partial charge in [-0.3, -0.25) is 10.1 Å². The third-order valence-electron chi connectivity index (χ3n) is 1.63. The number of halogens is 3. The van der Waals surface area contributed by atoms with Crippen molar-refractivity contribution in [3.8, 4) is 0 Å². The molecule has 0 unspecified atom stereocenters. The van der Waals surface area contributed by atoms with Crippen molar-refractivity contribution in [2.24, 2.45) is 0 Å². The molecule has 0 aromatic heterocycles. The summed E-state index contributed by atoms with van der Waals surface area (Å²) in [6.45, 7) is 0.377. The number of nitrogens with zero attached hydrogens (tertiary/aromatic N) is 1. The number of non-ortho nitro benzene ring substituents is 1. The van der Waals surface area contributed by atoms with E-state index in [4.69, 9.17) is 5.11 Å². The standard InChI is InChI=1S/C8H5F3NO3/c9-8(10,11)6-1-5(4-13)2-7(3-6)12(14)15/h1-4,13H. The van der Waals surface area contributed by atoms with Crippen LogP contribution in [-0.4, -0.2) is 10.0 Å². The summed E-state index contributed by atoms with van der Waals surface area (Å²) in [6.07, 6.45) is -4.68. The van der Waals surface area contributed by atoms with Gasteiger partial charge in [0.15, 0.2) is 0 Å². The Hall–Kier alpha value is -1.63. The predicted molar refractivity (Wildman–Crippen MR) is 43.4 cm³/mol. The molecule has 0 amide bonds. The van der Waals surface area contributed by atoms with Crippen LogP contribution in [0.4, 0.5) is 18.9 Å². The van der Waals surface area contributed by atoms with Crippen LogP contribution < -0.4 is 0 Å². The Balaban J connectivity index is 3.30. The molecule has 0 aliphatic carbocycles. The quantitative estimate of drug-likeness (QED) is 0.615. The first kappa shape index (κ1) is 11.4. The molecule has 1 aromatic carbocycles. The molecule has 0 heterocycles. The van der Waals surface area contributed by atoms with E-state index in [1.807, 2.05) is 0 Å². The van der Waals surface area contributed by atoms with Crippen LogP contribution in [0.3, 0.4) is 0 Å². The van der Waals surface area contributed by atoms with Crippen LogP contribution in [0.2, 0.25) is 0 Å². The molecule has 0 atom stereocenters. The number of hydrogen-bond donors (Lipinski definition) is 1. The number of alkyl halides is 3. The summed E-state index contributed by atoms with van der Waals surface area (Å²) >= 11 is 0. The average Bonchev–Trinajstić information content (AvgIpc) is 2.15. The summed E-state index contributed by atoms with van der Waals surface area (Å²) in [6, 6.07) is 1.87. The van der Waals surface area contributed by atoms with E-state index in [9.17, 15) is 23.3 Å². The average molecular weight is 220 g/mol. The second-order valence-corrected chi connectivity index (χ2v) is 2.70. The molecule has 15 heavy (non-hydrogen) atoms. The predicted octanol–water partition coefficient (Wildman–Crippen LogP) is 2.50. The Labute approximate surface area is 82.1 Å². The number of aliphatic hydroxyl groups is 1. The van der Waals surface area contributed by atoms with Crippen molar-refractivity contribution >= 4 is 5.69 Å². The summed E-state index contributed by atoms with van der Waals surface area (Å²) in [5, 5.41) is 18.8. The van der Waals surface area contributed by atoms with E-state index in [-0.39, 0.29) is 5.56 Å². The van der Waals surface area contributed by atoms with Gasteiger partial charge in [-0.05, 0) is 11.6 Å². The van der Waals surface area contributed by atoms with E-state index >= 15 is 0 Å². The minimum Gasteiger partial charge on any atom is -0.385 e. The van der Waals surface area contributed by atoms with Gasteiger partial charge in [0.1, 0.15) is 6.61 Å². The van der Waals surface area contributed by atoms with Crippen LogP contribution >= 0.6 is 0 Å². The highest BCUT2D eigenvalue weighted by molar-refractivity contribution is 5.42. The smallest absolute Gasteiger partial charge is 0.385 e. The largest absolute Gasteiger partial charge is 0.416 e. The lowest BCUT2D eigenvalue weighted by Crippen LogP contribution is -2.06. The molecule has 0 aliphatic rings. The number of hydrogen-bond acceptors (Lipinski definition) is 3. The summed E-state index contributed by atoms with van der Waals surface area (Å²) in [5.74, 6) is 0. The molecule has 1 N–H and O–H groups in total. The van der Waals surface area contributed by atoms with Gasteiger partial charge in [0.2, 0.25) is 0 Å². The van der Waals surface area contributed by atoms with Crippen molar-refractivity contribution in [2.75, 3.05) is 0 Å². The lowest BCUT2D eigenvalue weighted by atomic mass is 10.1. The summed E-state index contributed by atoms with van der Waals surface area (Å²) in [5.41, 5.74) is -2.15. The zero-order valence-electron chi connectivity index (χ0n) is 7.15.